The molecule has 0 aromatic heterocycles. The van der Waals surface area contributed by atoms with E-state index in [-0.39, 0.29) is 15.9 Å². The van der Waals surface area contributed by atoms with Crippen LogP contribution in [0, 0.1) is 11.3 Å². The second kappa shape index (κ2) is 11.0. The summed E-state index contributed by atoms with van der Waals surface area (Å²) in [6, 6.07) is -3.17. The Labute approximate surface area is 227 Å². The van der Waals surface area contributed by atoms with Crippen molar-refractivity contribution in [1.29, 1.82) is 0 Å². The van der Waals surface area contributed by atoms with Crippen LogP contribution >= 0.6 is 23.5 Å². The van der Waals surface area contributed by atoms with Gasteiger partial charge in [-0.25, -0.2) is 4.79 Å². The van der Waals surface area contributed by atoms with Gasteiger partial charge < -0.3 is 26.6 Å². The van der Waals surface area contributed by atoms with Crippen LogP contribution in [0.25, 0.3) is 0 Å². The maximum absolute atomic E-state index is 14.0. The Morgan fingerprint density at radius 3 is 2.08 bits per heavy atom. The van der Waals surface area contributed by atoms with E-state index in [9.17, 15) is 24.0 Å². The van der Waals surface area contributed by atoms with Crippen LogP contribution < -0.4 is 21.7 Å². The fourth-order valence-electron chi connectivity index (χ4n) is 4.69. The highest BCUT2D eigenvalue weighted by Crippen LogP contribution is 2.52. The Kier molecular flexibility index (Phi) is 8.83. The number of primary amides is 1. The van der Waals surface area contributed by atoms with Crippen LogP contribution in [0.1, 0.15) is 67.2 Å². The molecule has 2 heterocycles. The number of nitrogens with two attached hydrogens (primary N) is 1. The maximum atomic E-state index is 14.0. The average molecular weight is 556 g/mol. The molecule has 208 valence electrons. The Bertz CT molecular complexity index is 935. The number of likely N-dealkylation sites (tertiary alicyclic amines) is 1. The first-order chi connectivity index (χ1) is 17.0. The maximum Gasteiger partial charge on any atom is 0.315 e. The number of thioether (sulfide) groups is 2. The standard InChI is InChI=1S/C25H41N5O5S2/c1-23(2,3)18(28-22(35)29-24(4,5)6)21(34)30-13-25(36-9-10-37-25)12-16(30)20(33)27-15(11-14-7-8-14)17(31)19(26)32/h14-16,18H,7-13H2,1-6H3,(H2,26,32)(H,27,33)(H2,28,29,35)/t15?,16-,18+/m0/s1. The number of amides is 5. The van der Waals surface area contributed by atoms with Gasteiger partial charge >= 0.3 is 6.03 Å². The molecular weight excluding hydrogens is 514 g/mol. The fourth-order valence-corrected chi connectivity index (χ4v) is 7.95. The number of rotatable bonds is 8. The summed E-state index contributed by atoms with van der Waals surface area (Å²) >= 11 is 3.47. The number of hydrogen-bond donors (Lipinski definition) is 4. The zero-order valence-electron chi connectivity index (χ0n) is 22.6. The zero-order valence-corrected chi connectivity index (χ0v) is 24.3. The zero-order chi connectivity index (χ0) is 27.8. The minimum absolute atomic E-state index is 0.276. The number of carbonyl (C=O) groups excluding carboxylic acids is 5. The van der Waals surface area contributed by atoms with Crippen molar-refractivity contribution in [1.82, 2.24) is 20.9 Å². The molecule has 12 heteroatoms. The van der Waals surface area contributed by atoms with Gasteiger partial charge in [-0.1, -0.05) is 33.6 Å². The number of urea groups is 1. The van der Waals surface area contributed by atoms with E-state index in [4.69, 9.17) is 5.73 Å². The van der Waals surface area contributed by atoms with Crippen molar-refractivity contribution in [2.45, 2.75) is 95.0 Å². The van der Waals surface area contributed by atoms with Crippen molar-refractivity contribution in [3.8, 4) is 0 Å². The van der Waals surface area contributed by atoms with Crippen molar-refractivity contribution in [2.24, 2.45) is 17.1 Å². The molecule has 2 aliphatic heterocycles. The first-order valence-electron chi connectivity index (χ1n) is 12.8. The summed E-state index contributed by atoms with van der Waals surface area (Å²) in [7, 11) is 0. The van der Waals surface area contributed by atoms with Crippen molar-refractivity contribution in [2.75, 3.05) is 18.1 Å². The highest BCUT2D eigenvalue weighted by atomic mass is 32.2. The van der Waals surface area contributed by atoms with Crippen LogP contribution in [0.4, 0.5) is 4.79 Å². The molecular formula is C25H41N5O5S2. The van der Waals surface area contributed by atoms with Crippen LogP contribution in [0.2, 0.25) is 0 Å². The molecule has 0 aromatic rings. The van der Waals surface area contributed by atoms with Crippen LogP contribution in [0.5, 0.6) is 0 Å². The number of nitrogens with zero attached hydrogens (tertiary/aromatic N) is 1. The van der Waals surface area contributed by atoms with Crippen LogP contribution in [-0.4, -0.2) is 80.2 Å². The van der Waals surface area contributed by atoms with Crippen molar-refractivity contribution in [3.05, 3.63) is 0 Å². The number of Topliss-reactive ketones (excluding diaryl/α,β-unsaturated/α-hetero) is 1. The first-order valence-corrected chi connectivity index (χ1v) is 14.8. The highest BCUT2D eigenvalue weighted by Gasteiger charge is 2.53. The smallest absolute Gasteiger partial charge is 0.315 e. The van der Waals surface area contributed by atoms with Gasteiger partial charge in [0.1, 0.15) is 12.1 Å². The van der Waals surface area contributed by atoms with Gasteiger partial charge in [-0.15, -0.1) is 23.5 Å². The molecule has 3 fully saturated rings. The van der Waals surface area contributed by atoms with Crippen molar-refractivity contribution in [3.63, 3.8) is 0 Å². The van der Waals surface area contributed by atoms with Gasteiger partial charge in [0, 0.05) is 30.0 Å². The summed E-state index contributed by atoms with van der Waals surface area (Å²) in [4.78, 5) is 66.0. The third-order valence-corrected chi connectivity index (χ3v) is 10.1. The summed E-state index contributed by atoms with van der Waals surface area (Å²) < 4.78 is -0.326. The minimum atomic E-state index is -1.08. The lowest BCUT2D eigenvalue weighted by molar-refractivity contribution is -0.143. The van der Waals surface area contributed by atoms with E-state index in [0.717, 1.165) is 24.3 Å². The summed E-state index contributed by atoms with van der Waals surface area (Å²) in [6.45, 7) is 11.5. The molecule has 1 aliphatic carbocycles. The summed E-state index contributed by atoms with van der Waals surface area (Å²) in [6.07, 6.45) is 2.67. The normalized spacial score (nSPS) is 22.9. The third-order valence-electron chi connectivity index (χ3n) is 6.71. The highest BCUT2D eigenvalue weighted by molar-refractivity contribution is 8.21. The van der Waals surface area contributed by atoms with E-state index in [2.05, 4.69) is 16.0 Å². The largest absolute Gasteiger partial charge is 0.363 e. The summed E-state index contributed by atoms with van der Waals surface area (Å²) in [5.74, 6) is -0.597. The molecule has 3 atom stereocenters. The molecule has 0 radical (unpaired) electrons. The lowest BCUT2D eigenvalue weighted by Gasteiger charge is -2.36. The molecule has 3 aliphatic rings. The molecule has 1 spiro atoms. The van der Waals surface area contributed by atoms with Gasteiger partial charge in [0.25, 0.3) is 5.91 Å². The molecule has 2 saturated heterocycles. The van der Waals surface area contributed by atoms with Gasteiger partial charge in [-0.2, -0.15) is 0 Å². The Hall–Kier alpha value is -1.95. The molecule has 5 N–H and O–H groups in total. The second-order valence-electron chi connectivity index (χ2n) is 12.4. The summed E-state index contributed by atoms with van der Waals surface area (Å²) in [5, 5.41) is 8.42. The van der Waals surface area contributed by atoms with Gasteiger partial charge in [-0.3, -0.25) is 19.2 Å². The lowest BCUT2D eigenvalue weighted by atomic mass is 9.85. The van der Waals surface area contributed by atoms with E-state index in [0.29, 0.717) is 19.4 Å². The fraction of sp³-hybridized carbons (Fsp3) is 0.800. The monoisotopic (exact) mass is 555 g/mol. The van der Waals surface area contributed by atoms with Crippen LogP contribution in [0.3, 0.4) is 0 Å². The van der Waals surface area contributed by atoms with E-state index >= 15 is 0 Å². The number of ketones is 1. The van der Waals surface area contributed by atoms with E-state index < -0.39 is 52.7 Å². The minimum Gasteiger partial charge on any atom is -0.363 e. The van der Waals surface area contributed by atoms with Crippen LogP contribution in [-0.2, 0) is 19.2 Å². The quantitative estimate of drug-likeness (QED) is 0.332. The van der Waals surface area contributed by atoms with Crippen molar-refractivity contribution >= 4 is 53.1 Å². The SMILES string of the molecule is CC(C)(C)NC(=O)N[C@H](C(=O)N1CC2(C[C@H]1C(=O)NC(CC1CC1)C(=O)C(N)=O)SCCS2)C(C)(C)C. The van der Waals surface area contributed by atoms with Gasteiger partial charge in [0.05, 0.1) is 10.1 Å². The molecule has 10 nitrogen and oxygen atoms in total. The Morgan fingerprint density at radius 1 is 1.00 bits per heavy atom. The number of hydrogen-bond acceptors (Lipinski definition) is 7. The number of nitrogens with one attached hydrogen (secondary N) is 3. The van der Waals surface area contributed by atoms with Crippen molar-refractivity contribution < 1.29 is 24.0 Å². The molecule has 37 heavy (non-hydrogen) atoms. The Balaban J connectivity index is 1.85. The molecule has 1 unspecified atom stereocenters. The molecule has 0 bridgehead atoms. The van der Waals surface area contributed by atoms with Gasteiger partial charge in [0.15, 0.2) is 0 Å². The predicted octanol–water partition coefficient (Wildman–Crippen LogP) is 1.62. The topological polar surface area (TPSA) is 151 Å². The molecule has 0 aromatic carbocycles. The number of carbonyl (C=O) groups is 5. The molecule has 3 rings (SSSR count). The van der Waals surface area contributed by atoms with Crippen LogP contribution in [0.15, 0.2) is 0 Å². The molecule has 1 saturated carbocycles. The predicted molar refractivity (Wildman–Crippen MR) is 146 cm³/mol. The third kappa shape index (κ3) is 7.78. The van der Waals surface area contributed by atoms with Gasteiger partial charge in [0.2, 0.25) is 17.6 Å². The average Bonchev–Trinajstić information content (AvgIpc) is 3.33. The second-order valence-corrected chi connectivity index (χ2v) is 15.6. The van der Waals surface area contributed by atoms with E-state index in [1.807, 2.05) is 41.5 Å². The summed E-state index contributed by atoms with van der Waals surface area (Å²) in [5.41, 5.74) is 4.13. The lowest BCUT2D eigenvalue weighted by Crippen LogP contribution is -2.61. The van der Waals surface area contributed by atoms with E-state index in [1.165, 1.54) is 0 Å². The first kappa shape index (κ1) is 29.6. The Morgan fingerprint density at radius 2 is 1.59 bits per heavy atom. The molecule has 5 amide bonds. The van der Waals surface area contributed by atoms with E-state index in [1.54, 1.807) is 28.4 Å². The van der Waals surface area contributed by atoms with Gasteiger partial charge in [-0.05, 0) is 38.5 Å².